The minimum absolute atomic E-state index is 0.227. The maximum Gasteiger partial charge on any atom is 0.334 e. The summed E-state index contributed by atoms with van der Waals surface area (Å²) >= 11 is 0. The maximum atomic E-state index is 13.0. The van der Waals surface area contributed by atoms with Gasteiger partial charge in [0, 0.05) is 12.1 Å². The van der Waals surface area contributed by atoms with Gasteiger partial charge in [0.05, 0.1) is 0 Å². The molecule has 1 heterocycles. The number of carbonyl (C=O) groups is 1. The van der Waals surface area contributed by atoms with Crippen molar-refractivity contribution in [2.75, 3.05) is 0 Å². The van der Waals surface area contributed by atoms with E-state index in [4.69, 9.17) is 9.73 Å². The van der Waals surface area contributed by atoms with Gasteiger partial charge in [0.15, 0.2) is 5.54 Å². The summed E-state index contributed by atoms with van der Waals surface area (Å²) in [5, 5.41) is 0. The summed E-state index contributed by atoms with van der Waals surface area (Å²) in [5.74, 6) is -0.227. The average molecular weight is 335 g/mol. The molecule has 1 atom stereocenters. The SMILES string of the molecule is CC(C)(C)OC(=O)[C@]1(Cc2ccccc2)CCC(c2ccccc2)=N1. The number of carbonyl (C=O) groups excluding carboxylic acids is 1. The monoisotopic (exact) mass is 335 g/mol. The Balaban J connectivity index is 1.96. The highest BCUT2D eigenvalue weighted by Crippen LogP contribution is 2.34. The first kappa shape index (κ1) is 17.4. The van der Waals surface area contributed by atoms with Crippen molar-refractivity contribution in [3.63, 3.8) is 0 Å². The van der Waals surface area contributed by atoms with Gasteiger partial charge < -0.3 is 4.74 Å². The average Bonchev–Trinajstić information content (AvgIpc) is 3.01. The largest absolute Gasteiger partial charge is 0.458 e. The van der Waals surface area contributed by atoms with Gasteiger partial charge in [-0.05, 0) is 44.7 Å². The molecule has 25 heavy (non-hydrogen) atoms. The second kappa shape index (κ2) is 6.83. The Bertz CT molecular complexity index is 760. The number of aliphatic imine (C=N–C) groups is 1. The fourth-order valence-corrected chi connectivity index (χ4v) is 3.19. The van der Waals surface area contributed by atoms with Crippen LogP contribution >= 0.6 is 0 Å². The van der Waals surface area contributed by atoms with E-state index in [1.54, 1.807) is 0 Å². The van der Waals surface area contributed by atoms with Gasteiger partial charge >= 0.3 is 5.97 Å². The number of hydrogen-bond acceptors (Lipinski definition) is 3. The molecule has 0 radical (unpaired) electrons. The third-order valence-electron chi connectivity index (χ3n) is 4.35. The first-order valence-corrected chi connectivity index (χ1v) is 8.80. The Hall–Kier alpha value is -2.42. The van der Waals surface area contributed by atoms with Crippen LogP contribution in [0.25, 0.3) is 0 Å². The van der Waals surface area contributed by atoms with Crippen molar-refractivity contribution >= 4 is 11.7 Å². The molecular formula is C22H25NO2. The van der Waals surface area contributed by atoms with Crippen molar-refractivity contribution in [3.05, 3.63) is 71.8 Å². The molecule has 0 saturated carbocycles. The molecule has 1 aliphatic heterocycles. The van der Waals surface area contributed by atoms with Crippen molar-refractivity contribution in [1.82, 2.24) is 0 Å². The van der Waals surface area contributed by atoms with Crippen molar-refractivity contribution in [3.8, 4) is 0 Å². The number of esters is 1. The highest BCUT2D eigenvalue weighted by molar-refractivity contribution is 6.04. The summed E-state index contributed by atoms with van der Waals surface area (Å²) in [4.78, 5) is 17.9. The number of nitrogens with zero attached hydrogens (tertiary/aromatic N) is 1. The fourth-order valence-electron chi connectivity index (χ4n) is 3.19. The predicted octanol–water partition coefficient (Wildman–Crippen LogP) is 4.59. The predicted molar refractivity (Wildman–Crippen MR) is 101 cm³/mol. The fraction of sp³-hybridized carbons (Fsp3) is 0.364. The first-order valence-electron chi connectivity index (χ1n) is 8.80. The van der Waals surface area contributed by atoms with Crippen LogP contribution in [0.2, 0.25) is 0 Å². The maximum absolute atomic E-state index is 13.0. The molecule has 0 bridgehead atoms. The van der Waals surface area contributed by atoms with E-state index in [0.717, 1.165) is 23.3 Å². The molecule has 0 N–H and O–H groups in total. The summed E-state index contributed by atoms with van der Waals surface area (Å²) in [7, 11) is 0. The lowest BCUT2D eigenvalue weighted by molar-refractivity contribution is -0.161. The highest BCUT2D eigenvalue weighted by Gasteiger charge is 2.45. The summed E-state index contributed by atoms with van der Waals surface area (Å²) in [6.07, 6.45) is 2.04. The van der Waals surface area contributed by atoms with Crippen LogP contribution in [0.1, 0.15) is 44.7 Å². The molecule has 3 nitrogen and oxygen atoms in total. The van der Waals surface area contributed by atoms with Crippen LogP contribution in [-0.2, 0) is 16.0 Å². The first-order chi connectivity index (χ1) is 11.9. The molecule has 0 aromatic heterocycles. The van der Waals surface area contributed by atoms with E-state index in [1.807, 2.05) is 81.4 Å². The van der Waals surface area contributed by atoms with Gasteiger partial charge in [-0.1, -0.05) is 60.7 Å². The molecule has 0 unspecified atom stereocenters. The molecule has 0 fully saturated rings. The van der Waals surface area contributed by atoms with Crippen LogP contribution in [0.5, 0.6) is 0 Å². The topological polar surface area (TPSA) is 38.7 Å². The van der Waals surface area contributed by atoms with Gasteiger partial charge in [0.1, 0.15) is 5.60 Å². The number of ether oxygens (including phenoxy) is 1. The van der Waals surface area contributed by atoms with Crippen molar-refractivity contribution in [2.24, 2.45) is 4.99 Å². The van der Waals surface area contributed by atoms with Crippen molar-refractivity contribution in [2.45, 2.75) is 51.2 Å². The lowest BCUT2D eigenvalue weighted by Gasteiger charge is -2.29. The van der Waals surface area contributed by atoms with Gasteiger partial charge in [-0.2, -0.15) is 0 Å². The zero-order chi connectivity index (χ0) is 17.9. The normalized spacial score (nSPS) is 20.2. The molecule has 0 aliphatic carbocycles. The summed E-state index contributed by atoms with van der Waals surface area (Å²) < 4.78 is 5.74. The molecule has 130 valence electrons. The Kier molecular flexibility index (Phi) is 4.76. The molecular weight excluding hydrogens is 310 g/mol. The van der Waals surface area contributed by atoms with Gasteiger partial charge in [-0.25, -0.2) is 4.79 Å². The third-order valence-corrected chi connectivity index (χ3v) is 4.35. The Morgan fingerprint density at radius 1 is 1.04 bits per heavy atom. The molecule has 3 rings (SSSR count). The lowest BCUT2D eigenvalue weighted by atomic mass is 9.88. The quantitative estimate of drug-likeness (QED) is 0.766. The molecule has 0 saturated heterocycles. The van der Waals surface area contributed by atoms with Crippen LogP contribution in [0.4, 0.5) is 0 Å². The zero-order valence-corrected chi connectivity index (χ0v) is 15.2. The second-order valence-corrected chi connectivity index (χ2v) is 7.62. The van der Waals surface area contributed by atoms with Gasteiger partial charge in [-0.3, -0.25) is 4.99 Å². The van der Waals surface area contributed by atoms with Crippen LogP contribution in [0.3, 0.4) is 0 Å². The van der Waals surface area contributed by atoms with Crippen LogP contribution in [-0.4, -0.2) is 22.8 Å². The van der Waals surface area contributed by atoms with E-state index in [1.165, 1.54) is 0 Å². The Morgan fingerprint density at radius 3 is 2.24 bits per heavy atom. The molecule has 0 amide bonds. The van der Waals surface area contributed by atoms with Gasteiger partial charge in [0.2, 0.25) is 0 Å². The van der Waals surface area contributed by atoms with Crippen molar-refractivity contribution in [1.29, 1.82) is 0 Å². The zero-order valence-electron chi connectivity index (χ0n) is 15.2. The molecule has 2 aromatic carbocycles. The summed E-state index contributed by atoms with van der Waals surface area (Å²) in [6.45, 7) is 5.70. The number of benzene rings is 2. The summed E-state index contributed by atoms with van der Waals surface area (Å²) in [5.41, 5.74) is 1.82. The standard InChI is InChI=1S/C22H25NO2/c1-21(2,3)25-20(24)22(16-17-10-6-4-7-11-17)15-14-19(23-22)18-12-8-5-9-13-18/h4-13H,14-16H2,1-3H3/t22-/m1/s1. The van der Waals surface area contributed by atoms with E-state index in [2.05, 4.69) is 0 Å². The van der Waals surface area contributed by atoms with Crippen molar-refractivity contribution < 1.29 is 9.53 Å². The third kappa shape index (κ3) is 4.16. The van der Waals surface area contributed by atoms with Gasteiger partial charge in [0.25, 0.3) is 0 Å². The minimum Gasteiger partial charge on any atom is -0.458 e. The van der Waals surface area contributed by atoms with Crippen LogP contribution in [0, 0.1) is 0 Å². The van der Waals surface area contributed by atoms with E-state index < -0.39 is 11.1 Å². The smallest absolute Gasteiger partial charge is 0.334 e. The second-order valence-electron chi connectivity index (χ2n) is 7.62. The van der Waals surface area contributed by atoms with Crippen LogP contribution < -0.4 is 0 Å². The minimum atomic E-state index is -0.834. The molecule has 3 heteroatoms. The Labute approximate surface area is 149 Å². The van der Waals surface area contributed by atoms with E-state index in [-0.39, 0.29) is 5.97 Å². The Morgan fingerprint density at radius 2 is 1.64 bits per heavy atom. The molecule has 1 aliphatic rings. The number of rotatable bonds is 4. The lowest BCUT2D eigenvalue weighted by Crippen LogP contribution is -2.42. The van der Waals surface area contributed by atoms with Gasteiger partial charge in [-0.15, -0.1) is 0 Å². The van der Waals surface area contributed by atoms with E-state index in [9.17, 15) is 4.79 Å². The molecule has 0 spiro atoms. The highest BCUT2D eigenvalue weighted by atomic mass is 16.6. The van der Waals surface area contributed by atoms with E-state index in [0.29, 0.717) is 12.8 Å². The molecule has 2 aromatic rings. The van der Waals surface area contributed by atoms with Crippen LogP contribution in [0.15, 0.2) is 65.7 Å². The number of hydrogen-bond donors (Lipinski definition) is 0. The summed E-state index contributed by atoms with van der Waals surface area (Å²) in [6, 6.07) is 20.2. The van der Waals surface area contributed by atoms with E-state index >= 15 is 0 Å².